The molecule has 0 N–H and O–H groups in total. The van der Waals surface area contributed by atoms with Gasteiger partial charge in [-0.05, 0) is 55.3 Å². The van der Waals surface area contributed by atoms with E-state index in [2.05, 4.69) is 20.5 Å². The predicted octanol–water partition coefficient (Wildman–Crippen LogP) is 8.00. The molecule has 0 aliphatic heterocycles. The molecule has 0 bridgehead atoms. The fourth-order valence-corrected chi connectivity index (χ4v) is 5.20. The molecule has 1 fully saturated rings. The van der Waals surface area contributed by atoms with Crippen LogP contribution in [0.4, 0.5) is 0 Å². The van der Waals surface area contributed by atoms with Crippen LogP contribution < -0.4 is 0 Å². The van der Waals surface area contributed by atoms with E-state index in [-0.39, 0.29) is 5.78 Å². The number of hydrogen-bond donors (Lipinski definition) is 0. The fourth-order valence-electron chi connectivity index (χ4n) is 4.44. The van der Waals surface area contributed by atoms with Gasteiger partial charge in [0.15, 0.2) is 0 Å². The van der Waals surface area contributed by atoms with Crippen molar-refractivity contribution in [1.82, 2.24) is 9.55 Å². The zero-order chi connectivity index (χ0) is 22.0. The molecule has 3 aromatic rings. The molecule has 31 heavy (non-hydrogen) atoms. The highest BCUT2D eigenvalue weighted by Gasteiger charge is 2.22. The lowest BCUT2D eigenvalue weighted by atomic mass is 9.85. The van der Waals surface area contributed by atoms with Crippen molar-refractivity contribution in [2.24, 2.45) is 5.92 Å². The van der Waals surface area contributed by atoms with Gasteiger partial charge in [-0.3, -0.25) is 9.36 Å². The van der Waals surface area contributed by atoms with Gasteiger partial charge in [-0.1, -0.05) is 71.2 Å². The van der Waals surface area contributed by atoms with E-state index in [9.17, 15) is 4.79 Å². The molecule has 1 aromatic heterocycles. The lowest BCUT2D eigenvalue weighted by Gasteiger charge is -2.20. The second-order valence-corrected chi connectivity index (χ2v) is 10.1. The van der Waals surface area contributed by atoms with Crippen molar-refractivity contribution in [2.75, 3.05) is 0 Å². The molecule has 162 valence electrons. The van der Waals surface area contributed by atoms with Crippen molar-refractivity contribution in [3.8, 4) is 17.1 Å². The number of nitrogens with zero attached hydrogens (tertiary/aromatic N) is 2. The van der Waals surface area contributed by atoms with Gasteiger partial charge in [-0.15, -0.1) is 0 Å². The molecule has 1 heterocycles. The Morgan fingerprint density at radius 2 is 1.81 bits per heavy atom. The lowest BCUT2D eigenvalue weighted by molar-refractivity contribution is -0.119. The highest BCUT2D eigenvalue weighted by molar-refractivity contribution is 9.10. The van der Waals surface area contributed by atoms with Gasteiger partial charge in [0.2, 0.25) is 0 Å². The van der Waals surface area contributed by atoms with Crippen molar-refractivity contribution in [1.29, 1.82) is 0 Å². The lowest BCUT2D eigenvalue weighted by Crippen LogP contribution is -2.14. The molecule has 0 amide bonds. The van der Waals surface area contributed by atoms with Crippen LogP contribution in [0.2, 0.25) is 10.0 Å². The van der Waals surface area contributed by atoms with Crippen LogP contribution in [0, 0.1) is 12.8 Å². The summed E-state index contributed by atoms with van der Waals surface area (Å²) in [5.41, 5.74) is 3.54. The molecule has 0 radical (unpaired) electrons. The largest absolute Gasteiger partial charge is 0.299 e. The van der Waals surface area contributed by atoms with E-state index in [4.69, 9.17) is 28.2 Å². The number of rotatable bonds is 6. The fraction of sp³-hybridized carbons (Fsp3) is 0.360. The number of hydrogen-bond acceptors (Lipinski definition) is 2. The maximum absolute atomic E-state index is 12.9. The number of ketones is 1. The molecule has 0 spiro atoms. The Morgan fingerprint density at radius 3 is 2.48 bits per heavy atom. The number of aromatic nitrogens is 2. The van der Waals surface area contributed by atoms with Gasteiger partial charge in [0.25, 0.3) is 0 Å². The maximum Gasteiger partial charge on any atom is 0.146 e. The Kier molecular flexibility index (Phi) is 7.20. The first-order valence-corrected chi connectivity index (χ1v) is 12.3. The van der Waals surface area contributed by atoms with Gasteiger partial charge in [-0.2, -0.15) is 0 Å². The van der Waals surface area contributed by atoms with E-state index in [0.717, 1.165) is 32.9 Å². The Morgan fingerprint density at radius 1 is 1.10 bits per heavy atom. The van der Waals surface area contributed by atoms with E-state index >= 15 is 0 Å². The third-order valence-electron chi connectivity index (χ3n) is 6.07. The van der Waals surface area contributed by atoms with E-state index in [1.165, 1.54) is 32.1 Å². The molecule has 1 aliphatic rings. The molecular weight excluding hydrogens is 495 g/mol. The van der Waals surface area contributed by atoms with Gasteiger partial charge in [0.05, 0.1) is 17.1 Å². The Balaban J connectivity index is 1.71. The van der Waals surface area contributed by atoms with Crippen molar-refractivity contribution in [3.63, 3.8) is 0 Å². The van der Waals surface area contributed by atoms with Crippen LogP contribution in [-0.4, -0.2) is 15.3 Å². The molecule has 1 aliphatic carbocycles. The monoisotopic (exact) mass is 518 g/mol. The molecule has 6 heteroatoms. The summed E-state index contributed by atoms with van der Waals surface area (Å²) in [4.78, 5) is 17.8. The molecule has 0 saturated heterocycles. The molecule has 1 saturated carbocycles. The van der Waals surface area contributed by atoms with E-state index in [1.807, 2.05) is 43.3 Å². The topological polar surface area (TPSA) is 34.9 Å². The minimum atomic E-state index is 0.268. The number of imidazole rings is 1. The first kappa shape index (κ1) is 22.6. The van der Waals surface area contributed by atoms with Gasteiger partial charge < -0.3 is 0 Å². The summed E-state index contributed by atoms with van der Waals surface area (Å²) in [6, 6.07) is 13.5. The number of benzene rings is 2. The van der Waals surface area contributed by atoms with E-state index < -0.39 is 0 Å². The zero-order valence-corrected chi connectivity index (χ0v) is 20.6. The number of Topliss-reactive ketones (excluding diaryl/α,β-unsaturated/α-hetero) is 1. The number of halogens is 3. The minimum absolute atomic E-state index is 0.268. The Hall–Kier alpha value is -1.62. The highest BCUT2D eigenvalue weighted by atomic mass is 79.9. The second kappa shape index (κ2) is 9.89. The third kappa shape index (κ3) is 5.24. The summed E-state index contributed by atoms with van der Waals surface area (Å²) < 4.78 is 3.08. The average molecular weight is 520 g/mol. The number of carbonyl (C=O) groups is 1. The standard InChI is InChI=1S/C25H25BrCl2N2O/c1-16-24(15-21(31)13-17-5-3-2-4-6-17)29-25(22-12-9-19(27)14-23(22)28)30(16)20-10-7-18(26)8-11-20/h7-12,14,17H,2-6,13,15H2,1H3. The van der Waals surface area contributed by atoms with Gasteiger partial charge >= 0.3 is 0 Å². The second-order valence-electron chi connectivity index (χ2n) is 8.33. The maximum atomic E-state index is 12.9. The van der Waals surface area contributed by atoms with Crippen LogP contribution in [0.3, 0.4) is 0 Å². The van der Waals surface area contributed by atoms with Crippen LogP contribution in [0.1, 0.15) is 49.9 Å². The molecule has 0 unspecified atom stereocenters. The smallest absolute Gasteiger partial charge is 0.146 e. The first-order chi connectivity index (χ1) is 14.9. The van der Waals surface area contributed by atoms with Gasteiger partial charge in [-0.25, -0.2) is 4.98 Å². The van der Waals surface area contributed by atoms with Crippen molar-refractivity contribution < 1.29 is 4.79 Å². The normalized spacial score (nSPS) is 14.7. The summed E-state index contributed by atoms with van der Waals surface area (Å²) >= 11 is 16.1. The van der Waals surface area contributed by atoms with Crippen LogP contribution in [0.5, 0.6) is 0 Å². The average Bonchev–Trinajstić information content (AvgIpc) is 3.05. The summed E-state index contributed by atoms with van der Waals surface area (Å²) in [5, 5.41) is 1.12. The van der Waals surface area contributed by atoms with E-state index in [0.29, 0.717) is 28.8 Å². The quantitative estimate of drug-likeness (QED) is 0.330. The molecular formula is C25H25BrCl2N2O. The van der Waals surface area contributed by atoms with Crippen LogP contribution >= 0.6 is 39.1 Å². The van der Waals surface area contributed by atoms with Gasteiger partial charge in [0, 0.05) is 32.9 Å². The summed E-state index contributed by atoms with van der Waals surface area (Å²) in [6.45, 7) is 2.02. The SMILES string of the molecule is Cc1c(CC(=O)CC2CCCCC2)nc(-c2ccc(Cl)cc2Cl)n1-c1ccc(Br)cc1. The summed E-state index contributed by atoms with van der Waals surface area (Å²) in [5.74, 6) is 1.52. The zero-order valence-electron chi connectivity index (χ0n) is 17.5. The molecule has 0 atom stereocenters. The molecule has 2 aromatic carbocycles. The van der Waals surface area contributed by atoms with Crippen LogP contribution in [-0.2, 0) is 11.2 Å². The Bertz CT molecular complexity index is 1090. The first-order valence-electron chi connectivity index (χ1n) is 10.7. The summed E-state index contributed by atoms with van der Waals surface area (Å²) in [7, 11) is 0. The van der Waals surface area contributed by atoms with Crippen molar-refractivity contribution in [2.45, 2.75) is 51.9 Å². The molecule has 3 nitrogen and oxygen atoms in total. The van der Waals surface area contributed by atoms with E-state index in [1.54, 1.807) is 6.07 Å². The van der Waals surface area contributed by atoms with Crippen LogP contribution in [0.15, 0.2) is 46.9 Å². The van der Waals surface area contributed by atoms with Crippen molar-refractivity contribution >= 4 is 44.9 Å². The number of carbonyl (C=O) groups excluding carboxylic acids is 1. The highest BCUT2D eigenvalue weighted by Crippen LogP contribution is 2.34. The third-order valence-corrected chi connectivity index (χ3v) is 7.14. The van der Waals surface area contributed by atoms with Gasteiger partial charge in [0.1, 0.15) is 11.6 Å². The van der Waals surface area contributed by atoms with Crippen LogP contribution in [0.25, 0.3) is 17.1 Å². The van der Waals surface area contributed by atoms with Crippen molar-refractivity contribution in [3.05, 3.63) is 68.4 Å². The predicted molar refractivity (Wildman–Crippen MR) is 131 cm³/mol. The Labute approximate surface area is 201 Å². The summed E-state index contributed by atoms with van der Waals surface area (Å²) in [6.07, 6.45) is 7.13. The molecule has 4 rings (SSSR count). The minimum Gasteiger partial charge on any atom is -0.299 e.